The van der Waals surface area contributed by atoms with Gasteiger partial charge < -0.3 is 10.2 Å². The molecule has 0 aromatic heterocycles. The van der Waals surface area contributed by atoms with Gasteiger partial charge in [-0.1, -0.05) is 56.3 Å². The van der Waals surface area contributed by atoms with Crippen LogP contribution in [0.1, 0.15) is 26.3 Å². The molecule has 0 aliphatic heterocycles. The number of benzene rings is 2. The second-order valence-corrected chi connectivity index (χ2v) is 10.6. The Morgan fingerprint density at radius 2 is 1.56 bits per heavy atom. The van der Waals surface area contributed by atoms with Crippen LogP contribution in [0.25, 0.3) is 0 Å². The average Bonchev–Trinajstić information content (AvgIpc) is 2.79. The number of nitrogens with one attached hydrogen (secondary N) is 1. The highest BCUT2D eigenvalue weighted by molar-refractivity contribution is 7.90. The molecule has 2 aromatic rings. The normalized spacial score (nSPS) is 12.5. The minimum absolute atomic E-state index is 0.0864. The molecule has 34 heavy (non-hydrogen) atoms. The summed E-state index contributed by atoms with van der Waals surface area (Å²) in [4.78, 5) is 27.6. The summed E-state index contributed by atoms with van der Waals surface area (Å²) in [6.07, 6.45) is 0. The van der Waals surface area contributed by atoms with Crippen molar-refractivity contribution in [3.63, 3.8) is 0 Å². The minimum atomic E-state index is -4.20. The van der Waals surface area contributed by atoms with Crippen LogP contribution in [0.15, 0.2) is 54.6 Å². The molecule has 1 atom stereocenters. The van der Waals surface area contributed by atoms with Gasteiger partial charge >= 0.3 is 10.2 Å². The molecule has 2 rings (SSSR count). The summed E-state index contributed by atoms with van der Waals surface area (Å²) in [5, 5.41) is 2.81. The summed E-state index contributed by atoms with van der Waals surface area (Å²) >= 11 is 0. The van der Waals surface area contributed by atoms with E-state index in [1.54, 1.807) is 6.92 Å². The van der Waals surface area contributed by atoms with Crippen LogP contribution in [0.4, 0.5) is 10.1 Å². The summed E-state index contributed by atoms with van der Waals surface area (Å²) in [5.41, 5.74) is 0.522. The van der Waals surface area contributed by atoms with E-state index >= 15 is 0 Å². The quantitative estimate of drug-likeness (QED) is 0.522. The SMILES string of the molecule is CC(C)CNC(=O)C(C)N(Cc1ccccc1)C(=O)CN(c1ccccc1F)S(=O)(=O)N(C)C. The van der Waals surface area contributed by atoms with Crippen molar-refractivity contribution >= 4 is 27.7 Å². The maximum Gasteiger partial charge on any atom is 0.304 e. The van der Waals surface area contributed by atoms with Crippen molar-refractivity contribution in [2.24, 2.45) is 5.92 Å². The van der Waals surface area contributed by atoms with Crippen molar-refractivity contribution in [3.05, 3.63) is 66.0 Å². The lowest BCUT2D eigenvalue weighted by molar-refractivity contribution is -0.139. The first-order chi connectivity index (χ1) is 15.9. The number of amides is 2. The molecule has 10 heteroatoms. The van der Waals surface area contributed by atoms with Crippen molar-refractivity contribution in [3.8, 4) is 0 Å². The zero-order valence-corrected chi connectivity index (χ0v) is 21.0. The van der Waals surface area contributed by atoms with Crippen LogP contribution < -0.4 is 9.62 Å². The Morgan fingerprint density at radius 1 is 0.971 bits per heavy atom. The van der Waals surface area contributed by atoms with Crippen LogP contribution in [0.2, 0.25) is 0 Å². The molecule has 0 fully saturated rings. The molecule has 1 unspecified atom stereocenters. The molecule has 0 saturated carbocycles. The van der Waals surface area contributed by atoms with Crippen molar-refractivity contribution < 1.29 is 22.4 Å². The highest BCUT2D eigenvalue weighted by atomic mass is 32.2. The van der Waals surface area contributed by atoms with E-state index in [4.69, 9.17) is 0 Å². The molecule has 0 radical (unpaired) electrons. The number of anilines is 1. The number of carbonyl (C=O) groups excluding carboxylic acids is 2. The third-order valence-corrected chi connectivity index (χ3v) is 6.99. The van der Waals surface area contributed by atoms with Gasteiger partial charge in [-0.15, -0.1) is 0 Å². The minimum Gasteiger partial charge on any atom is -0.354 e. The van der Waals surface area contributed by atoms with E-state index in [9.17, 15) is 22.4 Å². The second-order valence-electron chi connectivity index (χ2n) is 8.57. The van der Waals surface area contributed by atoms with Crippen LogP contribution in [0, 0.1) is 11.7 Å². The fourth-order valence-corrected chi connectivity index (χ4v) is 4.24. The van der Waals surface area contributed by atoms with Crippen molar-refractivity contribution in [2.45, 2.75) is 33.4 Å². The monoisotopic (exact) mass is 492 g/mol. The smallest absolute Gasteiger partial charge is 0.304 e. The van der Waals surface area contributed by atoms with Crippen molar-refractivity contribution in [1.82, 2.24) is 14.5 Å². The molecule has 0 bridgehead atoms. The number of rotatable bonds is 11. The van der Waals surface area contributed by atoms with E-state index in [2.05, 4.69) is 5.32 Å². The molecule has 8 nitrogen and oxygen atoms in total. The van der Waals surface area contributed by atoms with Gasteiger partial charge in [-0.3, -0.25) is 9.59 Å². The van der Waals surface area contributed by atoms with Gasteiger partial charge in [0.25, 0.3) is 0 Å². The molecule has 2 amide bonds. The van der Waals surface area contributed by atoms with E-state index in [0.717, 1.165) is 20.2 Å². The van der Waals surface area contributed by atoms with Crippen molar-refractivity contribution in [2.75, 3.05) is 31.5 Å². The van der Waals surface area contributed by atoms with Gasteiger partial charge in [0.1, 0.15) is 18.4 Å². The molecular weight excluding hydrogens is 459 g/mol. The molecule has 2 aromatic carbocycles. The fourth-order valence-electron chi connectivity index (χ4n) is 3.17. The number of para-hydroxylation sites is 1. The molecule has 0 saturated heterocycles. The Hall–Kier alpha value is -2.98. The Labute approximate surface area is 201 Å². The Balaban J connectivity index is 2.42. The topological polar surface area (TPSA) is 90.0 Å². The van der Waals surface area contributed by atoms with Gasteiger partial charge in [-0.2, -0.15) is 12.7 Å². The van der Waals surface area contributed by atoms with Crippen LogP contribution in [0.3, 0.4) is 0 Å². The van der Waals surface area contributed by atoms with Gasteiger partial charge in [0.15, 0.2) is 0 Å². The number of hydrogen-bond donors (Lipinski definition) is 1. The van der Waals surface area contributed by atoms with Gasteiger partial charge in [-0.05, 0) is 30.5 Å². The summed E-state index contributed by atoms with van der Waals surface area (Å²) in [6.45, 7) is 5.35. The van der Waals surface area contributed by atoms with Gasteiger partial charge in [0, 0.05) is 27.2 Å². The zero-order chi connectivity index (χ0) is 25.5. The van der Waals surface area contributed by atoms with Crippen LogP contribution in [-0.4, -0.2) is 62.7 Å². The fraction of sp³-hybridized carbons (Fsp3) is 0.417. The average molecular weight is 493 g/mol. The first-order valence-corrected chi connectivity index (χ1v) is 12.4. The lowest BCUT2D eigenvalue weighted by Crippen LogP contribution is -2.52. The molecule has 0 spiro atoms. The Bertz CT molecular complexity index is 1080. The number of hydrogen-bond acceptors (Lipinski definition) is 4. The number of nitrogens with zero attached hydrogens (tertiary/aromatic N) is 3. The zero-order valence-electron chi connectivity index (χ0n) is 20.2. The first-order valence-electron chi connectivity index (χ1n) is 11.0. The van der Waals surface area contributed by atoms with E-state index in [-0.39, 0.29) is 24.1 Å². The van der Waals surface area contributed by atoms with Crippen LogP contribution in [-0.2, 0) is 26.3 Å². The predicted molar refractivity (Wildman–Crippen MR) is 131 cm³/mol. The predicted octanol–water partition coefficient (Wildman–Crippen LogP) is 2.63. The molecule has 186 valence electrons. The Kier molecular flexibility index (Phi) is 9.57. The Morgan fingerprint density at radius 3 is 2.12 bits per heavy atom. The lowest BCUT2D eigenvalue weighted by Gasteiger charge is -2.33. The van der Waals surface area contributed by atoms with Crippen molar-refractivity contribution in [1.29, 1.82) is 0 Å². The summed E-state index contributed by atoms with van der Waals surface area (Å²) < 4.78 is 42.2. The third-order valence-electron chi connectivity index (χ3n) is 5.19. The van der Waals surface area contributed by atoms with Crippen LogP contribution in [0.5, 0.6) is 0 Å². The summed E-state index contributed by atoms with van der Waals surface area (Å²) in [6, 6.07) is 13.5. The standard InChI is InChI=1S/C24H33FN4O4S/c1-18(2)15-26-24(31)19(3)28(16-20-11-7-6-8-12-20)23(30)17-29(34(32,33)27(4)5)22-14-10-9-13-21(22)25/h6-14,18-19H,15-17H2,1-5H3,(H,26,31). The number of halogens is 1. The molecule has 1 N–H and O–H groups in total. The summed E-state index contributed by atoms with van der Waals surface area (Å²) in [7, 11) is -1.60. The first kappa shape index (κ1) is 27.3. The van der Waals surface area contributed by atoms with E-state index in [0.29, 0.717) is 6.54 Å². The largest absolute Gasteiger partial charge is 0.354 e. The second kappa shape index (κ2) is 11.9. The van der Waals surface area contributed by atoms with Gasteiger partial charge in [0.2, 0.25) is 11.8 Å². The lowest BCUT2D eigenvalue weighted by atomic mass is 10.1. The molecule has 0 aliphatic carbocycles. The highest BCUT2D eigenvalue weighted by Crippen LogP contribution is 2.23. The third kappa shape index (κ3) is 7.01. The molecular formula is C24H33FN4O4S. The molecule has 0 heterocycles. The maximum absolute atomic E-state index is 14.6. The van der Waals surface area contributed by atoms with Gasteiger partial charge in [-0.25, -0.2) is 8.70 Å². The van der Waals surface area contributed by atoms with E-state index in [1.807, 2.05) is 44.2 Å². The van der Waals surface area contributed by atoms with Crippen LogP contribution >= 0.6 is 0 Å². The summed E-state index contributed by atoms with van der Waals surface area (Å²) in [5.74, 6) is -1.55. The maximum atomic E-state index is 14.6. The molecule has 0 aliphatic rings. The van der Waals surface area contributed by atoms with Gasteiger partial charge in [0.05, 0.1) is 5.69 Å². The van der Waals surface area contributed by atoms with E-state index in [1.165, 1.54) is 37.2 Å². The highest BCUT2D eigenvalue weighted by Gasteiger charge is 2.33. The number of carbonyl (C=O) groups is 2. The van der Waals surface area contributed by atoms with E-state index < -0.39 is 34.5 Å².